The number of hydrogen-bond acceptors (Lipinski definition) is 3. The standard InChI is InChI=1S/C14H17ClN2S/c1-14(2,3)6-10-16-12(15)11-9(8-4-5-8)7-18-13(11)17-10/h7-8H,4-6H2,1-3H3. The molecular weight excluding hydrogens is 264 g/mol. The van der Waals surface area contributed by atoms with Crippen LogP contribution >= 0.6 is 22.9 Å². The molecule has 0 N–H and O–H groups in total. The monoisotopic (exact) mass is 280 g/mol. The third-order valence-electron chi connectivity index (χ3n) is 3.17. The van der Waals surface area contributed by atoms with Gasteiger partial charge < -0.3 is 0 Å². The van der Waals surface area contributed by atoms with Crippen LogP contribution in [-0.2, 0) is 6.42 Å². The molecule has 0 aliphatic heterocycles. The molecule has 0 amide bonds. The lowest BCUT2D eigenvalue weighted by Crippen LogP contribution is -2.12. The normalized spacial score (nSPS) is 16.4. The minimum absolute atomic E-state index is 0.188. The molecule has 0 spiro atoms. The number of aromatic nitrogens is 2. The van der Waals surface area contributed by atoms with Gasteiger partial charge >= 0.3 is 0 Å². The van der Waals surface area contributed by atoms with Gasteiger partial charge in [0.2, 0.25) is 0 Å². The number of nitrogens with zero attached hydrogens (tertiary/aromatic N) is 2. The van der Waals surface area contributed by atoms with E-state index in [0.717, 1.165) is 22.5 Å². The highest BCUT2D eigenvalue weighted by Gasteiger charge is 2.28. The molecule has 2 aromatic rings. The summed E-state index contributed by atoms with van der Waals surface area (Å²) in [4.78, 5) is 10.2. The SMILES string of the molecule is CC(C)(C)Cc1nc(Cl)c2c(C3CC3)csc2n1. The lowest BCUT2D eigenvalue weighted by atomic mass is 9.92. The molecule has 0 saturated heterocycles. The van der Waals surface area contributed by atoms with Crippen molar-refractivity contribution in [3.8, 4) is 0 Å². The lowest BCUT2D eigenvalue weighted by Gasteiger charge is -2.16. The first-order valence-electron chi connectivity index (χ1n) is 6.37. The number of fused-ring (bicyclic) bond motifs is 1. The summed E-state index contributed by atoms with van der Waals surface area (Å²) >= 11 is 8.07. The van der Waals surface area contributed by atoms with Gasteiger partial charge in [-0.25, -0.2) is 9.97 Å². The third kappa shape index (κ3) is 2.39. The molecule has 1 aliphatic rings. The van der Waals surface area contributed by atoms with Gasteiger partial charge in [-0.3, -0.25) is 0 Å². The molecule has 2 nitrogen and oxygen atoms in total. The molecule has 3 rings (SSSR count). The van der Waals surface area contributed by atoms with Gasteiger partial charge in [0, 0.05) is 6.42 Å². The molecule has 18 heavy (non-hydrogen) atoms. The van der Waals surface area contributed by atoms with E-state index in [1.807, 2.05) is 0 Å². The van der Waals surface area contributed by atoms with Crippen LogP contribution in [0.2, 0.25) is 5.15 Å². The van der Waals surface area contributed by atoms with E-state index in [1.54, 1.807) is 11.3 Å². The Morgan fingerprint density at radius 3 is 2.67 bits per heavy atom. The van der Waals surface area contributed by atoms with Gasteiger partial charge in [-0.05, 0) is 35.1 Å². The van der Waals surface area contributed by atoms with E-state index < -0.39 is 0 Å². The van der Waals surface area contributed by atoms with E-state index in [2.05, 4.69) is 36.1 Å². The van der Waals surface area contributed by atoms with Crippen molar-refractivity contribution in [3.63, 3.8) is 0 Å². The molecule has 1 aliphatic carbocycles. The minimum atomic E-state index is 0.188. The molecule has 96 valence electrons. The van der Waals surface area contributed by atoms with E-state index in [-0.39, 0.29) is 5.41 Å². The molecule has 4 heteroatoms. The Morgan fingerprint density at radius 2 is 2.06 bits per heavy atom. The average molecular weight is 281 g/mol. The van der Waals surface area contributed by atoms with Crippen molar-refractivity contribution in [3.05, 3.63) is 21.9 Å². The number of hydrogen-bond donors (Lipinski definition) is 0. The zero-order valence-corrected chi connectivity index (χ0v) is 12.5. The van der Waals surface area contributed by atoms with Crippen molar-refractivity contribution in [2.24, 2.45) is 5.41 Å². The Bertz CT molecular complexity index is 594. The zero-order valence-electron chi connectivity index (χ0n) is 11.0. The average Bonchev–Trinajstić information content (AvgIpc) is 2.97. The van der Waals surface area contributed by atoms with Crippen LogP contribution < -0.4 is 0 Å². The Balaban J connectivity index is 2.06. The highest BCUT2D eigenvalue weighted by Crippen LogP contribution is 2.46. The third-order valence-corrected chi connectivity index (χ3v) is 4.33. The van der Waals surface area contributed by atoms with E-state index in [0.29, 0.717) is 11.1 Å². The fraction of sp³-hybridized carbons (Fsp3) is 0.571. The maximum atomic E-state index is 6.36. The van der Waals surface area contributed by atoms with E-state index in [1.165, 1.54) is 18.4 Å². The Hall–Kier alpha value is -0.670. The van der Waals surface area contributed by atoms with E-state index >= 15 is 0 Å². The number of thiophene rings is 1. The minimum Gasteiger partial charge on any atom is -0.222 e. The summed E-state index contributed by atoms with van der Waals surface area (Å²) in [7, 11) is 0. The van der Waals surface area contributed by atoms with Crippen molar-refractivity contribution in [2.75, 3.05) is 0 Å². The summed E-state index contributed by atoms with van der Waals surface area (Å²) in [6.07, 6.45) is 3.43. The van der Waals surface area contributed by atoms with Gasteiger partial charge in [-0.15, -0.1) is 11.3 Å². The predicted octanol–water partition coefficient (Wildman–Crippen LogP) is 4.81. The molecule has 0 atom stereocenters. The largest absolute Gasteiger partial charge is 0.222 e. The maximum absolute atomic E-state index is 6.36. The molecule has 1 saturated carbocycles. The smallest absolute Gasteiger partial charge is 0.141 e. The molecule has 0 radical (unpaired) electrons. The molecule has 0 unspecified atom stereocenters. The van der Waals surface area contributed by atoms with Crippen molar-refractivity contribution >= 4 is 33.2 Å². The first-order chi connectivity index (χ1) is 8.44. The second-order valence-corrected chi connectivity index (χ2v) is 7.53. The quantitative estimate of drug-likeness (QED) is 0.738. The summed E-state index contributed by atoms with van der Waals surface area (Å²) in [5.74, 6) is 1.57. The lowest BCUT2D eigenvalue weighted by molar-refractivity contribution is 0.401. The molecule has 1 fully saturated rings. The summed E-state index contributed by atoms with van der Waals surface area (Å²) < 4.78 is 0. The summed E-state index contributed by atoms with van der Waals surface area (Å²) in [5, 5.41) is 3.95. The zero-order chi connectivity index (χ0) is 12.9. The van der Waals surface area contributed by atoms with Crippen molar-refractivity contribution in [2.45, 2.75) is 46.0 Å². The number of rotatable bonds is 2. The highest BCUT2D eigenvalue weighted by molar-refractivity contribution is 7.17. The highest BCUT2D eigenvalue weighted by atomic mass is 35.5. The van der Waals surface area contributed by atoms with Crippen molar-refractivity contribution < 1.29 is 0 Å². The second-order valence-electron chi connectivity index (χ2n) is 6.31. The molecule has 0 bridgehead atoms. The van der Waals surface area contributed by atoms with Crippen LogP contribution in [-0.4, -0.2) is 9.97 Å². The Kier molecular flexibility index (Phi) is 2.87. The summed E-state index contributed by atoms with van der Waals surface area (Å²) in [5.41, 5.74) is 1.55. The molecular formula is C14H17ClN2S. The molecule has 0 aromatic carbocycles. The van der Waals surface area contributed by atoms with Crippen molar-refractivity contribution in [1.82, 2.24) is 9.97 Å². The van der Waals surface area contributed by atoms with Gasteiger partial charge in [-0.2, -0.15) is 0 Å². The van der Waals surface area contributed by atoms with Crippen molar-refractivity contribution in [1.29, 1.82) is 0 Å². The fourth-order valence-electron chi connectivity index (χ4n) is 2.21. The molecule has 2 aromatic heterocycles. The van der Waals surface area contributed by atoms with Crippen LogP contribution in [0.5, 0.6) is 0 Å². The van der Waals surface area contributed by atoms with Crippen LogP contribution in [0.15, 0.2) is 5.38 Å². The van der Waals surface area contributed by atoms with E-state index in [9.17, 15) is 0 Å². The van der Waals surface area contributed by atoms with Gasteiger partial charge in [0.05, 0.1) is 5.39 Å². The molecule has 2 heterocycles. The van der Waals surface area contributed by atoms with Crippen LogP contribution in [0.3, 0.4) is 0 Å². The van der Waals surface area contributed by atoms with Gasteiger partial charge in [0.1, 0.15) is 15.8 Å². The van der Waals surface area contributed by atoms with Crippen LogP contribution in [0.25, 0.3) is 10.2 Å². The summed E-state index contributed by atoms with van der Waals surface area (Å²) in [6, 6.07) is 0. The van der Waals surface area contributed by atoms with Gasteiger partial charge in [0.15, 0.2) is 0 Å². The topological polar surface area (TPSA) is 25.8 Å². The summed E-state index contributed by atoms with van der Waals surface area (Å²) in [6.45, 7) is 6.58. The Labute approximate surface area is 116 Å². The first-order valence-corrected chi connectivity index (χ1v) is 7.63. The second kappa shape index (κ2) is 4.17. The van der Waals surface area contributed by atoms with Crippen LogP contribution in [0, 0.1) is 5.41 Å². The van der Waals surface area contributed by atoms with Gasteiger partial charge in [-0.1, -0.05) is 32.4 Å². The predicted molar refractivity (Wildman–Crippen MR) is 77.6 cm³/mol. The first kappa shape index (κ1) is 12.4. The van der Waals surface area contributed by atoms with Crippen LogP contribution in [0.1, 0.15) is 50.9 Å². The van der Waals surface area contributed by atoms with Gasteiger partial charge in [0.25, 0.3) is 0 Å². The maximum Gasteiger partial charge on any atom is 0.141 e. The van der Waals surface area contributed by atoms with E-state index in [4.69, 9.17) is 11.6 Å². The Morgan fingerprint density at radius 1 is 1.33 bits per heavy atom. The number of halogens is 1. The van der Waals surface area contributed by atoms with Crippen LogP contribution in [0.4, 0.5) is 0 Å². The fourth-order valence-corrected chi connectivity index (χ4v) is 3.60.